The summed E-state index contributed by atoms with van der Waals surface area (Å²) in [5, 5.41) is 15.6. The van der Waals surface area contributed by atoms with E-state index in [4.69, 9.17) is 32.9 Å². The number of aryl methyl sites for hydroxylation is 2. The highest BCUT2D eigenvalue weighted by Gasteiger charge is 2.58. The monoisotopic (exact) mass is 734 g/mol. The predicted molar refractivity (Wildman–Crippen MR) is 198 cm³/mol. The van der Waals surface area contributed by atoms with E-state index in [0.717, 1.165) is 60.9 Å². The summed E-state index contributed by atoms with van der Waals surface area (Å²) in [6.07, 6.45) is 6.80. The number of ether oxygens (including phenoxy) is 1. The first-order chi connectivity index (χ1) is 25.3. The predicted octanol–water partition coefficient (Wildman–Crippen LogP) is 8.51. The molecule has 6 fully saturated rings. The minimum atomic E-state index is -0.474. The molecule has 264 valence electrons. The maximum Gasteiger partial charge on any atom is 0.226 e. The molecule has 11 rings (SSSR count). The van der Waals surface area contributed by atoms with Gasteiger partial charge in [0, 0.05) is 88.9 Å². The first kappa shape index (κ1) is 32.4. The third-order valence-electron chi connectivity index (χ3n) is 12.5. The Kier molecular flexibility index (Phi) is 7.58. The van der Waals surface area contributed by atoms with Crippen LogP contribution in [0.15, 0.2) is 54.7 Å². The lowest BCUT2D eigenvalue weighted by Gasteiger charge is -2.43. The number of nitrogens with one attached hydrogen (secondary N) is 1. The van der Waals surface area contributed by atoms with E-state index in [1.807, 2.05) is 31.2 Å². The second kappa shape index (κ2) is 12.2. The third-order valence-corrected chi connectivity index (χ3v) is 13.3. The average molecular weight is 736 g/mol. The van der Waals surface area contributed by atoms with E-state index >= 15 is 4.39 Å². The Bertz CT molecular complexity index is 2320. The number of aromatic nitrogens is 3. The molecule has 3 saturated carbocycles. The number of halogens is 3. The molecule has 1 unspecified atom stereocenters. The van der Waals surface area contributed by atoms with Gasteiger partial charge in [-0.25, -0.2) is 14.4 Å². The van der Waals surface area contributed by atoms with Gasteiger partial charge in [-0.2, -0.15) is 5.26 Å². The number of amides is 1. The Morgan fingerprint density at radius 2 is 1.98 bits per heavy atom. The number of pyridine rings is 2. The summed E-state index contributed by atoms with van der Waals surface area (Å²) < 4.78 is 26.3. The number of fused-ring (bicyclic) bond motifs is 6. The second-order valence-corrected chi connectivity index (χ2v) is 16.1. The zero-order valence-corrected chi connectivity index (χ0v) is 30.2. The van der Waals surface area contributed by atoms with E-state index in [1.165, 1.54) is 0 Å². The summed E-state index contributed by atoms with van der Waals surface area (Å²) in [5.41, 5.74) is 4.48. The SMILES string of the molecule is Cc1nc2c(F)c(-c3cccc(Cl)c3Cl)c(CCC#N)cc2c2c1cc([C@H]1[C@H]3C[C@H](C[C@@H]3Oc3ccccn3)N1C(=O)C1CC1)n2C1[C@H]2CN[C@@H]1C2. The Hall–Kier alpha value is -4.23. The van der Waals surface area contributed by atoms with Crippen molar-refractivity contribution in [1.29, 1.82) is 5.26 Å². The first-order valence-corrected chi connectivity index (χ1v) is 19.2. The molecule has 1 amide bonds. The molecule has 2 aromatic carbocycles. The summed E-state index contributed by atoms with van der Waals surface area (Å²) in [7, 11) is 0. The quantitative estimate of drug-likeness (QED) is 0.172. The van der Waals surface area contributed by atoms with Crippen molar-refractivity contribution < 1.29 is 13.9 Å². The van der Waals surface area contributed by atoms with Crippen molar-refractivity contribution in [2.75, 3.05) is 6.54 Å². The normalized spacial score (nSPS) is 27.4. The van der Waals surface area contributed by atoms with Crippen molar-refractivity contribution in [1.82, 2.24) is 24.8 Å². The second-order valence-electron chi connectivity index (χ2n) is 15.4. The smallest absolute Gasteiger partial charge is 0.226 e. The van der Waals surface area contributed by atoms with E-state index in [1.54, 1.807) is 24.4 Å². The van der Waals surface area contributed by atoms with Crippen LogP contribution in [0.25, 0.3) is 32.9 Å². The van der Waals surface area contributed by atoms with Crippen LogP contribution in [0.5, 0.6) is 5.88 Å². The first-order valence-electron chi connectivity index (χ1n) is 18.4. The van der Waals surface area contributed by atoms with E-state index in [-0.39, 0.29) is 65.0 Å². The molecule has 8 nitrogen and oxygen atoms in total. The molecular formula is C41H37Cl2FN6O2. The van der Waals surface area contributed by atoms with Crippen LogP contribution in [-0.2, 0) is 11.2 Å². The lowest BCUT2D eigenvalue weighted by atomic mass is 9.79. The highest BCUT2D eigenvalue weighted by Crippen LogP contribution is 2.57. The van der Waals surface area contributed by atoms with Crippen molar-refractivity contribution in [2.45, 2.75) is 82.1 Å². The maximum atomic E-state index is 17.3. The fourth-order valence-electron chi connectivity index (χ4n) is 9.99. The molecule has 6 heterocycles. The fraction of sp³-hybridized carbons (Fsp3) is 0.415. The lowest BCUT2D eigenvalue weighted by Crippen LogP contribution is -2.48. The standard InChI is InChI=1S/C41H37Cl2FN6O2/c1-20-26-18-31(40-27-16-24(49(40)41(51)21-10-11-21)17-32(27)52-33-9-2-3-13-46-33)50(38-23-15-30(38)47-19-23)39(26)28-14-22(6-5-12-45)34(36(44)37(28)48-20)25-7-4-8-29(42)35(25)43/h2-4,7-9,13-14,18,21,23-24,27,30,32,38,40,47H,5-6,10-11,15-17,19H2,1H3/t23-,24-,27+,30-,32+,38?,40-/m1/s1. The Morgan fingerprint density at radius 1 is 1.12 bits per heavy atom. The van der Waals surface area contributed by atoms with Gasteiger partial charge in [-0.15, -0.1) is 0 Å². The van der Waals surface area contributed by atoms with Crippen molar-refractivity contribution in [3.05, 3.63) is 87.5 Å². The van der Waals surface area contributed by atoms with E-state index in [0.29, 0.717) is 45.3 Å². The van der Waals surface area contributed by atoms with Gasteiger partial charge in [-0.05, 0) is 74.8 Å². The van der Waals surface area contributed by atoms with Crippen LogP contribution in [0.3, 0.4) is 0 Å². The molecule has 6 aliphatic rings. The number of hydrogen-bond acceptors (Lipinski definition) is 6. The number of rotatable bonds is 8. The minimum absolute atomic E-state index is 0.0717. The van der Waals surface area contributed by atoms with Gasteiger partial charge in [0.15, 0.2) is 5.82 Å². The fourth-order valence-corrected chi connectivity index (χ4v) is 10.4. The van der Waals surface area contributed by atoms with Crippen molar-refractivity contribution in [2.24, 2.45) is 17.8 Å². The molecule has 0 spiro atoms. The van der Waals surface area contributed by atoms with Crippen LogP contribution in [-0.4, -0.2) is 50.1 Å². The third kappa shape index (κ3) is 4.83. The minimum Gasteiger partial charge on any atom is -0.474 e. The van der Waals surface area contributed by atoms with Gasteiger partial charge in [0.2, 0.25) is 11.8 Å². The van der Waals surface area contributed by atoms with E-state index in [9.17, 15) is 10.1 Å². The number of carbonyl (C=O) groups is 1. The summed E-state index contributed by atoms with van der Waals surface area (Å²) in [5.74, 6) is 0.937. The molecule has 3 aliphatic heterocycles. The molecule has 4 bridgehead atoms. The number of likely N-dealkylation sites (tertiary alicyclic amines) is 1. The molecule has 3 aliphatic carbocycles. The van der Waals surface area contributed by atoms with Crippen LogP contribution in [0.2, 0.25) is 10.0 Å². The molecule has 0 radical (unpaired) electrons. The number of nitriles is 1. The van der Waals surface area contributed by atoms with Gasteiger partial charge in [0.05, 0.1) is 33.7 Å². The van der Waals surface area contributed by atoms with Crippen molar-refractivity contribution in [3.63, 3.8) is 0 Å². The maximum absolute atomic E-state index is 17.3. The number of carbonyl (C=O) groups excluding carboxylic acids is 1. The van der Waals surface area contributed by atoms with Gasteiger partial charge in [-0.3, -0.25) is 4.79 Å². The molecule has 3 saturated heterocycles. The average Bonchev–Trinajstić information content (AvgIpc) is 3.51. The summed E-state index contributed by atoms with van der Waals surface area (Å²) in [4.78, 5) is 25.8. The van der Waals surface area contributed by atoms with Crippen LogP contribution < -0.4 is 10.1 Å². The number of piperidine rings is 1. The number of benzene rings is 2. The highest BCUT2D eigenvalue weighted by atomic mass is 35.5. The largest absolute Gasteiger partial charge is 0.474 e. The van der Waals surface area contributed by atoms with Crippen molar-refractivity contribution in [3.8, 4) is 23.1 Å². The van der Waals surface area contributed by atoms with Gasteiger partial charge >= 0.3 is 0 Å². The molecule has 5 aromatic rings. The topological polar surface area (TPSA) is 96.1 Å². The molecular weight excluding hydrogens is 698 g/mol. The van der Waals surface area contributed by atoms with Crippen LogP contribution in [0, 0.1) is 41.8 Å². The van der Waals surface area contributed by atoms with Gasteiger partial charge < -0.3 is 19.5 Å². The summed E-state index contributed by atoms with van der Waals surface area (Å²) >= 11 is 13.1. The molecule has 52 heavy (non-hydrogen) atoms. The Labute approximate surface area is 310 Å². The zero-order chi connectivity index (χ0) is 35.4. The summed E-state index contributed by atoms with van der Waals surface area (Å²) in [6, 6.07) is 17.7. The van der Waals surface area contributed by atoms with Gasteiger partial charge in [0.25, 0.3) is 0 Å². The number of nitrogens with zero attached hydrogens (tertiary/aromatic N) is 5. The highest BCUT2D eigenvalue weighted by molar-refractivity contribution is 6.43. The Balaban J connectivity index is 1.21. The van der Waals surface area contributed by atoms with Crippen LogP contribution >= 0.6 is 23.2 Å². The van der Waals surface area contributed by atoms with Crippen LogP contribution in [0.4, 0.5) is 4.39 Å². The number of hydrogen-bond donors (Lipinski definition) is 1. The zero-order valence-electron chi connectivity index (χ0n) is 28.7. The Morgan fingerprint density at radius 3 is 2.71 bits per heavy atom. The molecule has 1 N–H and O–H groups in total. The molecule has 11 heteroatoms. The van der Waals surface area contributed by atoms with Gasteiger partial charge in [-0.1, -0.05) is 41.4 Å². The molecule has 3 aromatic heterocycles. The summed E-state index contributed by atoms with van der Waals surface area (Å²) in [6.45, 7) is 2.86. The van der Waals surface area contributed by atoms with Crippen molar-refractivity contribution >= 4 is 50.9 Å². The lowest BCUT2D eigenvalue weighted by molar-refractivity contribution is -0.138. The van der Waals surface area contributed by atoms with E-state index < -0.39 is 5.82 Å². The van der Waals surface area contributed by atoms with Crippen LogP contribution in [0.1, 0.15) is 67.6 Å². The molecule has 7 atom stereocenters. The van der Waals surface area contributed by atoms with E-state index in [2.05, 4.69) is 31.9 Å². The van der Waals surface area contributed by atoms with Gasteiger partial charge in [0.1, 0.15) is 11.6 Å².